The molecule has 6 heteroatoms. The monoisotopic (exact) mass is 312 g/mol. The summed E-state index contributed by atoms with van der Waals surface area (Å²) in [5, 5.41) is 6.83. The summed E-state index contributed by atoms with van der Waals surface area (Å²) in [7, 11) is 1.61. The quantitative estimate of drug-likeness (QED) is 0.787. The summed E-state index contributed by atoms with van der Waals surface area (Å²) in [6.07, 6.45) is 1.87. The van der Waals surface area contributed by atoms with Crippen LogP contribution in [0.5, 0.6) is 5.75 Å². The number of carbonyl (C=O) groups is 1. The number of amides is 1. The van der Waals surface area contributed by atoms with Crippen LogP contribution in [-0.4, -0.2) is 45.4 Å². The molecule has 0 aliphatic carbocycles. The van der Waals surface area contributed by atoms with Crippen molar-refractivity contribution in [3.8, 4) is 5.75 Å². The normalized spacial score (nSPS) is 15.7. The van der Waals surface area contributed by atoms with Gasteiger partial charge in [-0.3, -0.25) is 4.79 Å². The van der Waals surface area contributed by atoms with E-state index in [-0.39, 0.29) is 11.9 Å². The van der Waals surface area contributed by atoms with Crippen LogP contribution in [0.3, 0.4) is 0 Å². The fourth-order valence-electron chi connectivity index (χ4n) is 2.27. The smallest absolute Gasteiger partial charge is 0.255 e. The molecule has 0 aromatic heterocycles. The summed E-state index contributed by atoms with van der Waals surface area (Å²) in [5.41, 5.74) is 0.470. The average Bonchev–Trinajstić information content (AvgIpc) is 2.50. The molecule has 0 atom stereocenters. The van der Waals surface area contributed by atoms with Crippen LogP contribution in [-0.2, 0) is 4.74 Å². The lowest BCUT2D eigenvalue weighted by atomic mass is 10.1. The van der Waals surface area contributed by atoms with E-state index in [4.69, 9.17) is 21.1 Å². The van der Waals surface area contributed by atoms with Crippen LogP contribution >= 0.6 is 11.6 Å². The zero-order valence-electron chi connectivity index (χ0n) is 12.2. The van der Waals surface area contributed by atoms with Crippen molar-refractivity contribution in [1.82, 2.24) is 10.6 Å². The number of nitrogens with one attached hydrogen (secondary N) is 2. The number of methoxy groups -OCH3 is 1. The van der Waals surface area contributed by atoms with Crippen molar-refractivity contribution in [3.05, 3.63) is 28.8 Å². The molecule has 0 spiro atoms. The Bertz CT molecular complexity index is 476. The van der Waals surface area contributed by atoms with Gasteiger partial charge in [0.2, 0.25) is 0 Å². The lowest BCUT2D eigenvalue weighted by Gasteiger charge is -2.24. The third-order valence-electron chi connectivity index (χ3n) is 3.41. The van der Waals surface area contributed by atoms with Gasteiger partial charge in [0.1, 0.15) is 12.4 Å². The standard InChI is InChI=1S/C15H21ClN2O3/c1-20-8-9-21-14-3-2-11(16)10-13(14)15(19)18-12-4-6-17-7-5-12/h2-3,10,12,17H,4-9H2,1H3,(H,18,19). The van der Waals surface area contributed by atoms with Gasteiger partial charge in [0.15, 0.2) is 0 Å². The first-order valence-corrected chi connectivity index (χ1v) is 7.51. The number of hydrogen-bond acceptors (Lipinski definition) is 4. The second-order valence-electron chi connectivity index (χ2n) is 4.98. The lowest BCUT2D eigenvalue weighted by molar-refractivity contribution is 0.0922. The third-order valence-corrected chi connectivity index (χ3v) is 3.64. The molecule has 0 radical (unpaired) electrons. The molecule has 1 heterocycles. The van der Waals surface area contributed by atoms with Crippen LogP contribution in [0.1, 0.15) is 23.2 Å². The number of rotatable bonds is 6. The Kier molecular flexibility index (Phi) is 6.29. The number of halogens is 1. The molecule has 2 rings (SSSR count). The van der Waals surface area contributed by atoms with E-state index in [1.54, 1.807) is 25.3 Å². The molecule has 1 fully saturated rings. The number of carbonyl (C=O) groups excluding carboxylic acids is 1. The summed E-state index contributed by atoms with van der Waals surface area (Å²) >= 11 is 5.99. The number of piperidine rings is 1. The van der Waals surface area contributed by atoms with Crippen molar-refractivity contribution in [3.63, 3.8) is 0 Å². The Balaban J connectivity index is 2.04. The number of ether oxygens (including phenoxy) is 2. The van der Waals surface area contributed by atoms with Gasteiger partial charge >= 0.3 is 0 Å². The van der Waals surface area contributed by atoms with Gasteiger partial charge < -0.3 is 20.1 Å². The fourth-order valence-corrected chi connectivity index (χ4v) is 2.44. The van der Waals surface area contributed by atoms with Crippen molar-refractivity contribution < 1.29 is 14.3 Å². The molecule has 1 saturated heterocycles. The highest BCUT2D eigenvalue weighted by atomic mass is 35.5. The van der Waals surface area contributed by atoms with Gasteiger partial charge in [0.05, 0.1) is 12.2 Å². The summed E-state index contributed by atoms with van der Waals surface area (Å²) < 4.78 is 10.5. The maximum Gasteiger partial charge on any atom is 0.255 e. The number of benzene rings is 1. The van der Waals surface area contributed by atoms with Crippen LogP contribution < -0.4 is 15.4 Å². The predicted octanol–water partition coefficient (Wildman–Crippen LogP) is 1.85. The van der Waals surface area contributed by atoms with Crippen LogP contribution in [0.25, 0.3) is 0 Å². The van der Waals surface area contributed by atoms with Crippen LogP contribution in [0.15, 0.2) is 18.2 Å². The SMILES string of the molecule is COCCOc1ccc(Cl)cc1C(=O)NC1CCNCC1. The Morgan fingerprint density at radius 2 is 2.14 bits per heavy atom. The van der Waals surface area contributed by atoms with E-state index in [9.17, 15) is 4.79 Å². The minimum atomic E-state index is -0.142. The molecule has 1 aromatic rings. The predicted molar refractivity (Wildman–Crippen MR) is 82.2 cm³/mol. The highest BCUT2D eigenvalue weighted by molar-refractivity contribution is 6.31. The van der Waals surface area contributed by atoms with Gasteiger partial charge in [-0.05, 0) is 44.1 Å². The summed E-state index contributed by atoms with van der Waals surface area (Å²) in [6.45, 7) is 2.72. The second kappa shape index (κ2) is 8.22. The molecule has 21 heavy (non-hydrogen) atoms. The largest absolute Gasteiger partial charge is 0.490 e. The zero-order chi connectivity index (χ0) is 15.1. The Morgan fingerprint density at radius 3 is 2.86 bits per heavy atom. The summed E-state index contributed by atoms with van der Waals surface area (Å²) in [5.74, 6) is 0.389. The van der Waals surface area contributed by atoms with Crippen molar-refractivity contribution in [2.75, 3.05) is 33.4 Å². The fraction of sp³-hybridized carbons (Fsp3) is 0.533. The van der Waals surface area contributed by atoms with Gasteiger partial charge in [-0.15, -0.1) is 0 Å². The first-order chi connectivity index (χ1) is 10.2. The van der Waals surface area contributed by atoms with Gasteiger partial charge in [-0.25, -0.2) is 0 Å². The van der Waals surface area contributed by atoms with Crippen LogP contribution in [0.4, 0.5) is 0 Å². The Morgan fingerprint density at radius 1 is 1.38 bits per heavy atom. The first kappa shape index (κ1) is 16.1. The first-order valence-electron chi connectivity index (χ1n) is 7.13. The van der Waals surface area contributed by atoms with Crippen LogP contribution in [0, 0.1) is 0 Å². The molecule has 5 nitrogen and oxygen atoms in total. The van der Waals surface area contributed by atoms with Crippen molar-refractivity contribution >= 4 is 17.5 Å². The van der Waals surface area contributed by atoms with Crippen molar-refractivity contribution in [2.45, 2.75) is 18.9 Å². The van der Waals surface area contributed by atoms with E-state index in [1.807, 2.05) is 0 Å². The number of hydrogen-bond donors (Lipinski definition) is 2. The molecule has 116 valence electrons. The van der Waals surface area contributed by atoms with E-state index >= 15 is 0 Å². The van der Waals surface area contributed by atoms with Gasteiger partial charge in [-0.1, -0.05) is 11.6 Å². The maximum absolute atomic E-state index is 12.4. The van der Waals surface area contributed by atoms with Crippen molar-refractivity contribution in [1.29, 1.82) is 0 Å². The van der Waals surface area contributed by atoms with E-state index in [0.717, 1.165) is 25.9 Å². The summed E-state index contributed by atoms with van der Waals surface area (Å²) in [6, 6.07) is 5.27. The molecule has 0 unspecified atom stereocenters. The van der Waals surface area contributed by atoms with Crippen LogP contribution in [0.2, 0.25) is 5.02 Å². The van der Waals surface area contributed by atoms with E-state index in [2.05, 4.69) is 10.6 Å². The molecule has 1 aromatic carbocycles. The maximum atomic E-state index is 12.4. The second-order valence-corrected chi connectivity index (χ2v) is 5.42. The lowest BCUT2D eigenvalue weighted by Crippen LogP contribution is -2.42. The van der Waals surface area contributed by atoms with E-state index < -0.39 is 0 Å². The minimum Gasteiger partial charge on any atom is -0.490 e. The molecule has 1 aliphatic heterocycles. The molecule has 0 saturated carbocycles. The van der Waals surface area contributed by atoms with E-state index in [1.165, 1.54) is 0 Å². The van der Waals surface area contributed by atoms with Gasteiger partial charge in [-0.2, -0.15) is 0 Å². The highest BCUT2D eigenvalue weighted by Crippen LogP contribution is 2.23. The molecule has 1 aliphatic rings. The molecule has 0 bridgehead atoms. The topological polar surface area (TPSA) is 59.6 Å². The van der Waals surface area contributed by atoms with E-state index in [0.29, 0.717) is 29.5 Å². The molecule has 2 N–H and O–H groups in total. The molecular formula is C15H21ClN2O3. The molecule has 1 amide bonds. The van der Waals surface area contributed by atoms with Crippen molar-refractivity contribution in [2.24, 2.45) is 0 Å². The van der Waals surface area contributed by atoms with Gasteiger partial charge in [0, 0.05) is 18.2 Å². The Hall–Kier alpha value is -1.30. The minimum absolute atomic E-state index is 0.142. The Labute approximate surface area is 130 Å². The van der Waals surface area contributed by atoms with Gasteiger partial charge in [0.25, 0.3) is 5.91 Å². The average molecular weight is 313 g/mol. The zero-order valence-corrected chi connectivity index (χ0v) is 12.9. The molecular weight excluding hydrogens is 292 g/mol. The highest BCUT2D eigenvalue weighted by Gasteiger charge is 2.19. The summed E-state index contributed by atoms with van der Waals surface area (Å²) in [4.78, 5) is 12.4. The third kappa shape index (κ3) is 4.88.